The highest BCUT2D eigenvalue weighted by Gasteiger charge is 2.25. The van der Waals surface area contributed by atoms with Crippen LogP contribution in [0.25, 0.3) is 0 Å². The Morgan fingerprint density at radius 2 is 1.83 bits per heavy atom. The molecule has 2 atom stereocenters. The molecular formula is C15H20ClFO. The third-order valence-electron chi connectivity index (χ3n) is 3.52. The van der Waals surface area contributed by atoms with Gasteiger partial charge in [-0.2, -0.15) is 0 Å². The van der Waals surface area contributed by atoms with Crippen molar-refractivity contribution in [3.63, 3.8) is 0 Å². The topological polar surface area (TPSA) is 9.23 Å². The van der Waals surface area contributed by atoms with E-state index in [1.807, 2.05) is 6.07 Å². The molecule has 1 aromatic rings. The third-order valence-corrected chi connectivity index (χ3v) is 3.83. The SMILES string of the molecule is CC1CC(C)CC(Oc2cc(F)cc(CCl)c2)C1. The third kappa shape index (κ3) is 3.61. The molecule has 0 bridgehead atoms. The second-order valence-electron chi connectivity index (χ2n) is 5.59. The summed E-state index contributed by atoms with van der Waals surface area (Å²) in [5, 5.41) is 0. The normalized spacial score (nSPS) is 28.1. The summed E-state index contributed by atoms with van der Waals surface area (Å²) in [6.07, 6.45) is 3.57. The molecule has 1 fully saturated rings. The molecule has 1 nitrogen and oxygen atoms in total. The molecule has 0 aromatic heterocycles. The molecule has 100 valence electrons. The van der Waals surface area contributed by atoms with Crippen molar-refractivity contribution in [2.75, 3.05) is 0 Å². The molecule has 1 aliphatic carbocycles. The standard InChI is InChI=1S/C15H20ClFO/c1-10-3-11(2)5-14(4-10)18-15-7-12(9-16)6-13(17)8-15/h6-8,10-11,14H,3-5,9H2,1-2H3. The lowest BCUT2D eigenvalue weighted by molar-refractivity contribution is 0.101. The molecule has 2 unspecified atom stereocenters. The summed E-state index contributed by atoms with van der Waals surface area (Å²) in [5.41, 5.74) is 0.767. The smallest absolute Gasteiger partial charge is 0.127 e. The van der Waals surface area contributed by atoms with Crippen molar-refractivity contribution in [1.29, 1.82) is 0 Å². The van der Waals surface area contributed by atoms with Crippen LogP contribution in [-0.4, -0.2) is 6.10 Å². The average Bonchev–Trinajstić information content (AvgIpc) is 2.26. The van der Waals surface area contributed by atoms with Crippen LogP contribution < -0.4 is 4.74 Å². The molecule has 0 N–H and O–H groups in total. The van der Waals surface area contributed by atoms with Crippen LogP contribution in [0.1, 0.15) is 38.7 Å². The van der Waals surface area contributed by atoms with Crippen LogP contribution in [0.2, 0.25) is 0 Å². The van der Waals surface area contributed by atoms with Crippen LogP contribution in [0.15, 0.2) is 18.2 Å². The monoisotopic (exact) mass is 270 g/mol. The Morgan fingerprint density at radius 3 is 2.44 bits per heavy atom. The van der Waals surface area contributed by atoms with Gasteiger partial charge in [-0.1, -0.05) is 13.8 Å². The van der Waals surface area contributed by atoms with Crippen molar-refractivity contribution < 1.29 is 9.13 Å². The van der Waals surface area contributed by atoms with Crippen molar-refractivity contribution >= 4 is 11.6 Å². The Kier molecular flexibility index (Phi) is 4.50. The summed E-state index contributed by atoms with van der Waals surface area (Å²) >= 11 is 5.74. The predicted octanol–water partition coefficient (Wildman–Crippen LogP) is 4.77. The summed E-state index contributed by atoms with van der Waals surface area (Å²) < 4.78 is 19.3. The minimum absolute atomic E-state index is 0.203. The van der Waals surface area contributed by atoms with Gasteiger partial charge in [-0.05, 0) is 48.8 Å². The van der Waals surface area contributed by atoms with Gasteiger partial charge in [0.15, 0.2) is 0 Å². The second kappa shape index (κ2) is 5.92. The van der Waals surface area contributed by atoms with Gasteiger partial charge in [-0.25, -0.2) is 4.39 Å². The van der Waals surface area contributed by atoms with E-state index in [2.05, 4.69) is 13.8 Å². The molecule has 18 heavy (non-hydrogen) atoms. The van der Waals surface area contributed by atoms with Crippen molar-refractivity contribution in [2.24, 2.45) is 11.8 Å². The molecule has 0 aliphatic heterocycles. The highest BCUT2D eigenvalue weighted by molar-refractivity contribution is 6.17. The van der Waals surface area contributed by atoms with Crippen LogP contribution in [0.3, 0.4) is 0 Å². The largest absolute Gasteiger partial charge is 0.490 e. The van der Waals surface area contributed by atoms with Gasteiger partial charge in [0.1, 0.15) is 11.6 Å². The zero-order valence-corrected chi connectivity index (χ0v) is 11.7. The molecule has 1 aliphatic rings. The van der Waals surface area contributed by atoms with Gasteiger partial charge in [0, 0.05) is 11.9 Å². The van der Waals surface area contributed by atoms with Crippen LogP contribution in [-0.2, 0) is 5.88 Å². The first-order valence-electron chi connectivity index (χ1n) is 6.59. The van der Waals surface area contributed by atoms with Crippen LogP contribution in [0.5, 0.6) is 5.75 Å². The summed E-state index contributed by atoms with van der Waals surface area (Å²) in [6.45, 7) is 4.50. The van der Waals surface area contributed by atoms with Crippen molar-refractivity contribution in [1.82, 2.24) is 0 Å². The van der Waals surface area contributed by atoms with E-state index in [9.17, 15) is 4.39 Å². The van der Waals surface area contributed by atoms with E-state index in [0.717, 1.165) is 18.4 Å². The number of hydrogen-bond donors (Lipinski definition) is 0. The van der Waals surface area contributed by atoms with Gasteiger partial charge in [-0.15, -0.1) is 11.6 Å². The molecule has 1 saturated carbocycles. The Hall–Kier alpha value is -0.760. The quantitative estimate of drug-likeness (QED) is 0.719. The van der Waals surface area contributed by atoms with Gasteiger partial charge in [-0.3, -0.25) is 0 Å². The maximum absolute atomic E-state index is 13.4. The molecule has 0 radical (unpaired) electrons. The number of benzene rings is 1. The van der Waals surface area contributed by atoms with Crippen molar-refractivity contribution in [3.05, 3.63) is 29.6 Å². The molecule has 3 heteroatoms. The Bertz CT molecular complexity index is 397. The zero-order valence-electron chi connectivity index (χ0n) is 11.0. The Morgan fingerprint density at radius 1 is 1.17 bits per heavy atom. The molecule has 1 aromatic carbocycles. The number of hydrogen-bond acceptors (Lipinski definition) is 1. The number of ether oxygens (including phenoxy) is 1. The van der Waals surface area contributed by atoms with Crippen molar-refractivity contribution in [2.45, 2.75) is 45.1 Å². The number of rotatable bonds is 3. The highest BCUT2D eigenvalue weighted by Crippen LogP contribution is 2.31. The minimum Gasteiger partial charge on any atom is -0.490 e. The maximum Gasteiger partial charge on any atom is 0.127 e. The fraction of sp³-hybridized carbons (Fsp3) is 0.600. The predicted molar refractivity (Wildman–Crippen MR) is 72.6 cm³/mol. The Balaban J connectivity index is 2.06. The van der Waals surface area contributed by atoms with Crippen molar-refractivity contribution in [3.8, 4) is 5.75 Å². The molecule has 0 heterocycles. The summed E-state index contributed by atoms with van der Waals surface area (Å²) in [6, 6.07) is 4.73. The van der Waals surface area contributed by atoms with Gasteiger partial charge in [0.05, 0.1) is 6.10 Å². The molecule has 2 rings (SSSR count). The molecule has 0 spiro atoms. The first-order chi connectivity index (χ1) is 8.56. The Labute approximate surface area is 113 Å². The van der Waals surface area contributed by atoms with E-state index in [0.29, 0.717) is 23.5 Å². The summed E-state index contributed by atoms with van der Waals surface area (Å²) in [7, 11) is 0. The summed E-state index contributed by atoms with van der Waals surface area (Å²) in [4.78, 5) is 0. The average molecular weight is 271 g/mol. The zero-order chi connectivity index (χ0) is 13.1. The number of alkyl halides is 1. The first kappa shape index (κ1) is 13.7. The van der Waals surface area contributed by atoms with Gasteiger partial charge < -0.3 is 4.74 Å². The second-order valence-corrected chi connectivity index (χ2v) is 5.85. The van der Waals surface area contributed by atoms with E-state index in [-0.39, 0.29) is 11.9 Å². The molecule has 0 amide bonds. The highest BCUT2D eigenvalue weighted by atomic mass is 35.5. The van der Waals surface area contributed by atoms with E-state index in [1.54, 1.807) is 0 Å². The van der Waals surface area contributed by atoms with Gasteiger partial charge in [0.25, 0.3) is 0 Å². The van der Waals surface area contributed by atoms with E-state index in [1.165, 1.54) is 18.6 Å². The van der Waals surface area contributed by atoms with E-state index >= 15 is 0 Å². The van der Waals surface area contributed by atoms with Crippen LogP contribution in [0, 0.1) is 17.7 Å². The lowest BCUT2D eigenvalue weighted by Crippen LogP contribution is -2.28. The minimum atomic E-state index is -0.278. The lowest BCUT2D eigenvalue weighted by atomic mass is 9.82. The van der Waals surface area contributed by atoms with Crippen LogP contribution >= 0.6 is 11.6 Å². The van der Waals surface area contributed by atoms with Gasteiger partial charge in [0.2, 0.25) is 0 Å². The maximum atomic E-state index is 13.4. The molecular weight excluding hydrogens is 251 g/mol. The van der Waals surface area contributed by atoms with E-state index < -0.39 is 0 Å². The van der Waals surface area contributed by atoms with E-state index in [4.69, 9.17) is 16.3 Å². The van der Waals surface area contributed by atoms with Gasteiger partial charge >= 0.3 is 0 Å². The fourth-order valence-corrected chi connectivity index (χ4v) is 3.08. The molecule has 0 saturated heterocycles. The lowest BCUT2D eigenvalue weighted by Gasteiger charge is -2.31. The first-order valence-corrected chi connectivity index (χ1v) is 7.12. The van der Waals surface area contributed by atoms with Crippen LogP contribution in [0.4, 0.5) is 4.39 Å². The number of halogens is 2. The summed E-state index contributed by atoms with van der Waals surface area (Å²) in [5.74, 6) is 2.00. The fourth-order valence-electron chi connectivity index (χ4n) is 2.93.